The SMILES string of the molecule is C=C(CC)P1(=N)N(c2c(C(C)C)cccc2C(C)C)CCN1c1c(C(C)C)cccc1C(C)C. The Labute approximate surface area is 209 Å². The molecule has 1 aliphatic rings. The molecule has 0 amide bonds. The number of hydrogen-bond acceptors (Lipinski definition) is 1. The molecule has 2 aromatic carbocycles. The first-order chi connectivity index (χ1) is 16.0. The molecule has 1 heterocycles. The van der Waals surface area contributed by atoms with Crippen LogP contribution < -0.4 is 9.34 Å². The second-order valence-corrected chi connectivity index (χ2v) is 13.8. The molecule has 1 fully saturated rings. The van der Waals surface area contributed by atoms with Gasteiger partial charge in [0, 0.05) is 29.8 Å². The van der Waals surface area contributed by atoms with Gasteiger partial charge >= 0.3 is 0 Å². The number of anilines is 2. The van der Waals surface area contributed by atoms with E-state index in [0.29, 0.717) is 23.7 Å². The topological polar surface area (TPSA) is 30.3 Å². The van der Waals surface area contributed by atoms with E-state index in [1.165, 1.54) is 33.6 Å². The summed E-state index contributed by atoms with van der Waals surface area (Å²) in [5.41, 5.74) is 8.01. The quantitative estimate of drug-likeness (QED) is 0.382. The first kappa shape index (κ1) is 26.6. The van der Waals surface area contributed by atoms with Crippen molar-refractivity contribution in [2.75, 3.05) is 22.4 Å². The zero-order chi connectivity index (χ0) is 25.4. The van der Waals surface area contributed by atoms with Crippen LogP contribution in [0.2, 0.25) is 0 Å². The average molecular weight is 480 g/mol. The fourth-order valence-electron chi connectivity index (χ4n) is 5.30. The van der Waals surface area contributed by atoms with E-state index in [4.69, 9.17) is 0 Å². The van der Waals surface area contributed by atoms with Crippen molar-refractivity contribution in [1.29, 1.82) is 5.16 Å². The third kappa shape index (κ3) is 4.49. The van der Waals surface area contributed by atoms with Gasteiger partial charge in [-0.1, -0.05) is 105 Å². The largest absolute Gasteiger partial charge is 0.317 e. The molecule has 0 aliphatic carbocycles. The van der Waals surface area contributed by atoms with Gasteiger partial charge in [0.2, 0.25) is 0 Å². The second-order valence-electron chi connectivity index (χ2n) is 11.0. The van der Waals surface area contributed by atoms with E-state index in [-0.39, 0.29) is 0 Å². The number of para-hydroxylation sites is 2. The summed E-state index contributed by atoms with van der Waals surface area (Å²) in [6.45, 7) is 26.7. The van der Waals surface area contributed by atoms with Crippen molar-refractivity contribution < 1.29 is 0 Å². The maximum Gasteiger partial charge on any atom is 0.168 e. The number of hydrogen-bond donors (Lipinski definition) is 1. The van der Waals surface area contributed by atoms with Crippen LogP contribution in [0.15, 0.2) is 48.3 Å². The van der Waals surface area contributed by atoms with Crippen molar-refractivity contribution in [2.45, 2.75) is 92.4 Å². The van der Waals surface area contributed by atoms with Crippen molar-refractivity contribution >= 4 is 18.7 Å². The van der Waals surface area contributed by atoms with Crippen molar-refractivity contribution in [3.63, 3.8) is 0 Å². The molecule has 1 saturated heterocycles. The van der Waals surface area contributed by atoms with E-state index in [1.54, 1.807) is 0 Å². The maximum absolute atomic E-state index is 10.3. The zero-order valence-corrected chi connectivity index (χ0v) is 23.8. The summed E-state index contributed by atoms with van der Waals surface area (Å²) >= 11 is 0. The van der Waals surface area contributed by atoms with Crippen molar-refractivity contribution in [3.05, 3.63) is 70.5 Å². The Kier molecular flexibility index (Phi) is 8.08. The van der Waals surface area contributed by atoms with Crippen LogP contribution in [0.1, 0.15) is 115 Å². The lowest BCUT2D eigenvalue weighted by molar-refractivity contribution is 0.821. The summed E-state index contributed by atoms with van der Waals surface area (Å²) in [7, 11) is -2.62. The number of rotatable bonds is 8. The average Bonchev–Trinajstić information content (AvgIpc) is 3.14. The van der Waals surface area contributed by atoms with Gasteiger partial charge in [-0.2, -0.15) is 0 Å². The number of nitrogens with zero attached hydrogens (tertiary/aromatic N) is 2. The lowest BCUT2D eigenvalue weighted by atomic mass is 9.92. The van der Waals surface area contributed by atoms with Crippen molar-refractivity contribution in [3.8, 4) is 0 Å². The second kappa shape index (κ2) is 10.3. The molecule has 0 bridgehead atoms. The summed E-state index contributed by atoms with van der Waals surface area (Å²) in [4.78, 5) is 0. The third-order valence-electron chi connectivity index (χ3n) is 7.27. The highest BCUT2D eigenvalue weighted by Gasteiger charge is 2.44. The predicted octanol–water partition coefficient (Wildman–Crippen LogP) is 10.0. The van der Waals surface area contributed by atoms with E-state index >= 15 is 0 Å². The molecule has 34 heavy (non-hydrogen) atoms. The van der Waals surface area contributed by atoms with Crippen LogP contribution in [-0.2, 0) is 0 Å². The minimum absolute atomic E-state index is 0.403. The molecule has 0 spiro atoms. The Balaban J connectivity index is 2.34. The summed E-state index contributed by atoms with van der Waals surface area (Å²) in [6, 6.07) is 13.5. The molecule has 0 atom stereocenters. The Bertz CT molecular complexity index is 952. The smallest absolute Gasteiger partial charge is 0.168 e. The minimum atomic E-state index is -2.62. The first-order valence-corrected chi connectivity index (χ1v) is 14.8. The molecular formula is C30H46N3P. The fraction of sp³-hybridized carbons (Fsp3) is 0.533. The van der Waals surface area contributed by atoms with Crippen LogP contribution in [0.25, 0.3) is 0 Å². The third-order valence-corrected chi connectivity index (χ3v) is 10.7. The molecule has 3 rings (SSSR count). The minimum Gasteiger partial charge on any atom is -0.317 e. The van der Waals surface area contributed by atoms with Crippen LogP contribution >= 0.6 is 7.36 Å². The molecular weight excluding hydrogens is 433 g/mol. The summed E-state index contributed by atoms with van der Waals surface area (Å²) < 4.78 is 4.95. The van der Waals surface area contributed by atoms with Crippen LogP contribution in [0.3, 0.4) is 0 Å². The first-order valence-electron chi connectivity index (χ1n) is 13.1. The monoisotopic (exact) mass is 479 g/mol. The Morgan fingerprint density at radius 1 is 0.735 bits per heavy atom. The molecule has 1 N–H and O–H groups in total. The number of nitrogens with one attached hydrogen (secondary N) is 1. The normalized spacial score (nSPS) is 15.9. The van der Waals surface area contributed by atoms with Gasteiger partial charge in [-0.25, -0.2) is 0 Å². The molecule has 186 valence electrons. The molecule has 3 nitrogen and oxygen atoms in total. The van der Waals surface area contributed by atoms with E-state index in [0.717, 1.165) is 24.8 Å². The zero-order valence-electron chi connectivity index (χ0n) is 22.9. The summed E-state index contributed by atoms with van der Waals surface area (Å²) in [5, 5.41) is 11.4. The van der Waals surface area contributed by atoms with E-state index in [2.05, 4.69) is 115 Å². The summed E-state index contributed by atoms with van der Waals surface area (Å²) in [6.07, 6.45) is 0.825. The Morgan fingerprint density at radius 3 is 1.26 bits per heavy atom. The lowest BCUT2D eigenvalue weighted by Gasteiger charge is -2.41. The predicted molar refractivity (Wildman–Crippen MR) is 153 cm³/mol. The van der Waals surface area contributed by atoms with Crippen LogP contribution in [0.4, 0.5) is 11.4 Å². The van der Waals surface area contributed by atoms with Crippen LogP contribution in [0, 0.1) is 5.16 Å². The Morgan fingerprint density at radius 2 is 1.03 bits per heavy atom. The molecule has 1 aliphatic heterocycles. The van der Waals surface area contributed by atoms with Crippen LogP contribution in [-0.4, -0.2) is 13.1 Å². The van der Waals surface area contributed by atoms with E-state index in [1.807, 2.05) is 0 Å². The van der Waals surface area contributed by atoms with Gasteiger partial charge in [-0.05, 0) is 52.3 Å². The highest BCUT2D eigenvalue weighted by atomic mass is 31.2. The highest BCUT2D eigenvalue weighted by molar-refractivity contribution is 7.72. The van der Waals surface area contributed by atoms with E-state index < -0.39 is 7.36 Å². The molecule has 0 aromatic heterocycles. The standard InChI is InChI=1S/C30H46N3P/c1-11-24(10)34(31)32(29-25(20(2)3)14-12-15-26(29)21(4)5)18-19-33(34)30-27(22(6)7)16-13-17-28(30)23(8)9/h12-17,20-23,31H,10-11,18-19H2,1-9H3. The van der Waals surface area contributed by atoms with E-state index in [9.17, 15) is 5.16 Å². The summed E-state index contributed by atoms with van der Waals surface area (Å²) in [5.74, 6) is 1.61. The van der Waals surface area contributed by atoms with Crippen molar-refractivity contribution in [1.82, 2.24) is 0 Å². The number of benzene rings is 2. The van der Waals surface area contributed by atoms with Gasteiger partial charge in [0.25, 0.3) is 0 Å². The fourth-order valence-corrected chi connectivity index (χ4v) is 8.49. The van der Waals surface area contributed by atoms with Gasteiger partial charge in [-0.15, -0.1) is 0 Å². The Hall–Kier alpha value is -1.99. The molecule has 0 unspecified atom stereocenters. The van der Waals surface area contributed by atoms with Crippen molar-refractivity contribution in [2.24, 2.45) is 0 Å². The van der Waals surface area contributed by atoms with Gasteiger partial charge < -0.3 is 9.34 Å². The maximum atomic E-state index is 10.3. The van der Waals surface area contributed by atoms with Gasteiger partial charge in [-0.3, -0.25) is 5.16 Å². The molecule has 4 heteroatoms. The molecule has 0 radical (unpaired) electrons. The van der Waals surface area contributed by atoms with Gasteiger partial charge in [0.15, 0.2) is 7.36 Å². The molecule has 0 saturated carbocycles. The van der Waals surface area contributed by atoms with Crippen LogP contribution in [0.5, 0.6) is 0 Å². The number of allylic oxidation sites excluding steroid dienone is 1. The van der Waals surface area contributed by atoms with Gasteiger partial charge in [0.05, 0.1) is 0 Å². The molecule has 2 aromatic rings. The van der Waals surface area contributed by atoms with Gasteiger partial charge in [0.1, 0.15) is 0 Å². The highest BCUT2D eigenvalue weighted by Crippen LogP contribution is 2.68. The lowest BCUT2D eigenvalue weighted by Crippen LogP contribution is -2.23.